The molecule has 0 atom stereocenters. The number of nitrogens with two attached hydrogens (primary N) is 1. The molecule has 0 aliphatic carbocycles. The average molecular weight is 208 g/mol. The monoisotopic (exact) mass is 208 g/mol. The van der Waals surface area contributed by atoms with Crippen LogP contribution in [0, 0.1) is 0 Å². The zero-order valence-electron chi connectivity index (χ0n) is 7.21. The van der Waals surface area contributed by atoms with E-state index >= 15 is 0 Å². The number of nitrogens with one attached hydrogen (secondary N) is 1. The molecule has 72 valence electrons. The molecule has 0 fully saturated rings. The quantitative estimate of drug-likeness (QED) is 0.748. The Kier molecular flexibility index (Phi) is 2.70. The van der Waals surface area contributed by atoms with E-state index in [1.807, 2.05) is 0 Å². The summed E-state index contributed by atoms with van der Waals surface area (Å²) >= 11 is 1.36. The number of rotatable bonds is 3. The number of nitrogens with zero attached hydrogens (tertiary/aromatic N) is 4. The predicted octanol–water partition coefficient (Wildman–Crippen LogP) is 0.205. The summed E-state index contributed by atoms with van der Waals surface area (Å²) in [4.78, 5) is 12.2. The van der Waals surface area contributed by atoms with Crippen LogP contribution >= 0.6 is 11.8 Å². The normalized spacial score (nSPS) is 10.4. The second-order valence-electron chi connectivity index (χ2n) is 2.40. The van der Waals surface area contributed by atoms with Crippen LogP contribution in [-0.2, 0) is 6.54 Å². The van der Waals surface area contributed by atoms with Crippen molar-refractivity contribution >= 4 is 11.8 Å². The maximum atomic E-state index is 5.52. The van der Waals surface area contributed by atoms with Crippen LogP contribution in [0.3, 0.4) is 0 Å². The molecule has 2 aromatic heterocycles. The van der Waals surface area contributed by atoms with Gasteiger partial charge in [-0.3, -0.25) is 10.1 Å². The highest BCUT2D eigenvalue weighted by atomic mass is 32.2. The van der Waals surface area contributed by atoms with Crippen molar-refractivity contribution < 1.29 is 0 Å². The van der Waals surface area contributed by atoms with E-state index in [0.29, 0.717) is 11.7 Å². The fourth-order valence-corrected chi connectivity index (χ4v) is 1.66. The van der Waals surface area contributed by atoms with Gasteiger partial charge in [-0.25, -0.2) is 9.97 Å². The Hall–Kier alpha value is -1.47. The number of hydrogen-bond acceptors (Lipinski definition) is 6. The first-order chi connectivity index (χ1) is 6.90. The van der Waals surface area contributed by atoms with E-state index in [1.54, 1.807) is 12.4 Å². The first kappa shape index (κ1) is 9.10. The molecular weight excluding hydrogens is 200 g/mol. The lowest BCUT2D eigenvalue weighted by atomic mass is 10.5. The van der Waals surface area contributed by atoms with Crippen LogP contribution in [0.15, 0.2) is 28.9 Å². The van der Waals surface area contributed by atoms with Gasteiger partial charge in [0.15, 0.2) is 5.16 Å². The van der Waals surface area contributed by atoms with Gasteiger partial charge < -0.3 is 5.73 Å². The Morgan fingerprint density at radius 1 is 1.29 bits per heavy atom. The largest absolute Gasteiger partial charge is 0.325 e. The minimum atomic E-state index is 0.365. The lowest BCUT2D eigenvalue weighted by Gasteiger charge is -2.01. The predicted molar refractivity (Wildman–Crippen MR) is 50.4 cm³/mol. The number of aromatic amines is 1. The molecule has 7 heteroatoms. The molecule has 0 aliphatic rings. The van der Waals surface area contributed by atoms with E-state index < -0.39 is 0 Å². The average Bonchev–Trinajstić information content (AvgIpc) is 2.71. The van der Waals surface area contributed by atoms with Crippen LogP contribution in [0.25, 0.3) is 0 Å². The van der Waals surface area contributed by atoms with Crippen molar-refractivity contribution in [2.75, 3.05) is 0 Å². The molecule has 6 nitrogen and oxygen atoms in total. The second-order valence-corrected chi connectivity index (χ2v) is 3.38. The van der Waals surface area contributed by atoms with Gasteiger partial charge in [-0.2, -0.15) is 5.10 Å². The van der Waals surface area contributed by atoms with Gasteiger partial charge >= 0.3 is 0 Å². The van der Waals surface area contributed by atoms with Gasteiger partial charge in [-0.1, -0.05) is 0 Å². The number of aromatic nitrogens is 5. The van der Waals surface area contributed by atoms with Gasteiger partial charge in [0, 0.05) is 18.9 Å². The molecule has 0 unspecified atom stereocenters. The Labute approximate surface area is 84.4 Å². The summed E-state index contributed by atoms with van der Waals surface area (Å²) in [6.07, 6.45) is 4.69. The molecule has 14 heavy (non-hydrogen) atoms. The van der Waals surface area contributed by atoms with E-state index in [9.17, 15) is 0 Å². The maximum Gasteiger partial charge on any atom is 0.189 e. The van der Waals surface area contributed by atoms with Gasteiger partial charge in [-0.15, -0.1) is 0 Å². The third kappa shape index (κ3) is 1.88. The van der Waals surface area contributed by atoms with Crippen LogP contribution in [0.1, 0.15) is 5.69 Å². The highest BCUT2D eigenvalue weighted by Gasteiger charge is 2.06. The van der Waals surface area contributed by atoms with Crippen LogP contribution in [-0.4, -0.2) is 25.1 Å². The van der Waals surface area contributed by atoms with E-state index in [-0.39, 0.29) is 0 Å². The molecule has 0 aliphatic heterocycles. The summed E-state index contributed by atoms with van der Waals surface area (Å²) in [5.41, 5.74) is 6.28. The highest BCUT2D eigenvalue weighted by Crippen LogP contribution is 2.23. The van der Waals surface area contributed by atoms with Crippen molar-refractivity contribution in [1.29, 1.82) is 0 Å². The van der Waals surface area contributed by atoms with Crippen molar-refractivity contribution in [2.45, 2.75) is 16.7 Å². The lowest BCUT2D eigenvalue weighted by molar-refractivity contribution is 0.879. The molecule has 2 rings (SSSR count). The van der Waals surface area contributed by atoms with Crippen LogP contribution < -0.4 is 5.73 Å². The smallest absolute Gasteiger partial charge is 0.189 e. The van der Waals surface area contributed by atoms with Crippen molar-refractivity contribution in [3.05, 3.63) is 24.4 Å². The maximum absolute atomic E-state index is 5.52. The lowest BCUT2D eigenvalue weighted by Crippen LogP contribution is -2.02. The minimum absolute atomic E-state index is 0.365. The molecule has 0 saturated carbocycles. The molecule has 0 spiro atoms. The van der Waals surface area contributed by atoms with Crippen LogP contribution in [0.5, 0.6) is 0 Å². The number of H-pyrrole nitrogens is 1. The molecule has 0 amide bonds. The zero-order chi connectivity index (χ0) is 9.80. The summed E-state index contributed by atoms with van der Waals surface area (Å²) in [7, 11) is 0. The highest BCUT2D eigenvalue weighted by molar-refractivity contribution is 7.99. The first-order valence-electron chi connectivity index (χ1n) is 3.93. The molecular formula is C7H8N6S. The second kappa shape index (κ2) is 4.16. The summed E-state index contributed by atoms with van der Waals surface area (Å²) in [6, 6.07) is 0. The minimum Gasteiger partial charge on any atom is -0.325 e. The van der Waals surface area contributed by atoms with E-state index in [4.69, 9.17) is 5.73 Å². The third-order valence-electron chi connectivity index (χ3n) is 1.52. The molecule has 3 N–H and O–H groups in total. The zero-order valence-corrected chi connectivity index (χ0v) is 8.03. The van der Waals surface area contributed by atoms with Crippen LogP contribution in [0.4, 0.5) is 0 Å². The summed E-state index contributed by atoms with van der Waals surface area (Å²) < 4.78 is 0. The third-order valence-corrected chi connectivity index (χ3v) is 2.44. The van der Waals surface area contributed by atoms with E-state index in [0.717, 1.165) is 10.7 Å². The molecule has 0 aromatic carbocycles. The van der Waals surface area contributed by atoms with E-state index in [1.165, 1.54) is 18.1 Å². The molecule has 2 heterocycles. The summed E-state index contributed by atoms with van der Waals surface area (Å²) in [5.74, 6) is 0. The van der Waals surface area contributed by atoms with Crippen molar-refractivity contribution in [3.63, 3.8) is 0 Å². The van der Waals surface area contributed by atoms with Crippen LogP contribution in [0.2, 0.25) is 0 Å². The summed E-state index contributed by atoms with van der Waals surface area (Å²) in [5, 5.41) is 7.90. The van der Waals surface area contributed by atoms with E-state index in [2.05, 4.69) is 25.1 Å². The Bertz CT molecular complexity index is 400. The molecule has 2 aromatic rings. The van der Waals surface area contributed by atoms with Gasteiger partial charge in [-0.05, 0) is 11.8 Å². The molecule has 0 radical (unpaired) electrons. The van der Waals surface area contributed by atoms with Gasteiger partial charge in [0.2, 0.25) is 0 Å². The first-order valence-corrected chi connectivity index (χ1v) is 4.75. The Balaban J connectivity index is 2.24. The summed E-state index contributed by atoms with van der Waals surface area (Å²) in [6.45, 7) is 0.365. The topological polar surface area (TPSA) is 93.4 Å². The fourth-order valence-electron chi connectivity index (χ4n) is 0.914. The molecule has 0 bridgehead atoms. The van der Waals surface area contributed by atoms with Crippen molar-refractivity contribution in [1.82, 2.24) is 25.1 Å². The SMILES string of the molecule is NCc1nccnc1Sc1ncn[nH]1. The fraction of sp³-hybridized carbons (Fsp3) is 0.143. The van der Waals surface area contributed by atoms with Gasteiger partial charge in [0.05, 0.1) is 5.69 Å². The van der Waals surface area contributed by atoms with Gasteiger partial charge in [0.1, 0.15) is 11.4 Å². The van der Waals surface area contributed by atoms with Crippen molar-refractivity contribution in [3.8, 4) is 0 Å². The van der Waals surface area contributed by atoms with Gasteiger partial charge in [0.25, 0.3) is 0 Å². The Morgan fingerprint density at radius 3 is 2.86 bits per heavy atom. The molecule has 0 saturated heterocycles. The standard InChI is InChI=1S/C7H8N6S/c8-3-5-6(10-2-1-9-5)14-7-11-4-12-13-7/h1-2,4H,3,8H2,(H,11,12,13). The van der Waals surface area contributed by atoms with Crippen molar-refractivity contribution in [2.24, 2.45) is 5.73 Å². The number of hydrogen-bond donors (Lipinski definition) is 2. The Morgan fingerprint density at radius 2 is 2.14 bits per heavy atom.